The second-order valence-corrected chi connectivity index (χ2v) is 11.0. The highest BCUT2D eigenvalue weighted by Gasteiger charge is 2.08. The van der Waals surface area contributed by atoms with E-state index in [1.807, 2.05) is 0 Å². The summed E-state index contributed by atoms with van der Waals surface area (Å²) in [5.41, 5.74) is 2.17. The summed E-state index contributed by atoms with van der Waals surface area (Å²) in [6.45, 7) is 6.12. The third-order valence-corrected chi connectivity index (χ3v) is 7.81. The van der Waals surface area contributed by atoms with Crippen LogP contribution in [-0.2, 0) is 0 Å². The lowest BCUT2D eigenvalue weighted by Gasteiger charge is -2.06. The number of nitrogens with zero attached hydrogens (tertiary/aromatic N) is 1. The molecule has 0 aliphatic carbocycles. The van der Waals surface area contributed by atoms with Crippen molar-refractivity contribution in [2.45, 2.75) is 110 Å². The molecule has 2 aromatic carbocycles. The van der Waals surface area contributed by atoms with Crippen LogP contribution in [0.15, 0.2) is 42.5 Å². The minimum atomic E-state index is 0.798. The summed E-state index contributed by atoms with van der Waals surface area (Å²) >= 11 is 1.73. The summed E-state index contributed by atoms with van der Waals surface area (Å²) in [5.74, 6) is 1.90. The van der Waals surface area contributed by atoms with Crippen LogP contribution in [0.5, 0.6) is 11.5 Å². The van der Waals surface area contributed by atoms with Crippen molar-refractivity contribution in [3.8, 4) is 22.1 Å². The van der Waals surface area contributed by atoms with Crippen molar-refractivity contribution in [2.24, 2.45) is 0 Å². The molecule has 36 heavy (non-hydrogen) atoms. The molecule has 0 spiro atoms. The van der Waals surface area contributed by atoms with E-state index in [9.17, 15) is 0 Å². The van der Waals surface area contributed by atoms with E-state index in [0.29, 0.717) is 0 Å². The van der Waals surface area contributed by atoms with Gasteiger partial charge in [0.15, 0.2) is 0 Å². The minimum Gasteiger partial charge on any atom is -0.494 e. The zero-order valence-electron chi connectivity index (χ0n) is 22.7. The molecule has 0 radical (unpaired) electrons. The van der Waals surface area contributed by atoms with Gasteiger partial charge >= 0.3 is 0 Å². The number of fused-ring (bicyclic) bond motifs is 1. The molecular weight excluding hydrogens is 462 g/mol. The molecule has 0 saturated heterocycles. The first-order chi connectivity index (χ1) is 17.8. The highest BCUT2D eigenvalue weighted by Crippen LogP contribution is 2.33. The molecule has 0 bridgehead atoms. The van der Waals surface area contributed by atoms with E-state index in [0.717, 1.165) is 53.6 Å². The molecule has 1 heterocycles. The van der Waals surface area contributed by atoms with Gasteiger partial charge in [0.1, 0.15) is 16.5 Å². The number of unbranched alkanes of at least 4 members (excludes halogenated alkanes) is 13. The number of hydrogen-bond acceptors (Lipinski definition) is 4. The quantitative estimate of drug-likeness (QED) is 0.142. The Hall–Kier alpha value is -2.07. The largest absolute Gasteiger partial charge is 0.494 e. The summed E-state index contributed by atoms with van der Waals surface area (Å²) in [5, 5.41) is 1.04. The Morgan fingerprint density at radius 1 is 0.583 bits per heavy atom. The highest BCUT2D eigenvalue weighted by atomic mass is 32.1. The topological polar surface area (TPSA) is 31.4 Å². The number of benzene rings is 2. The molecule has 198 valence electrons. The zero-order chi connectivity index (χ0) is 25.3. The number of aromatic nitrogens is 1. The average Bonchev–Trinajstić information content (AvgIpc) is 3.33. The van der Waals surface area contributed by atoms with E-state index in [4.69, 9.17) is 14.5 Å². The SMILES string of the molecule is CCCCCCCCCCCCOc1ccc2nc(-c3ccc(OCCCCCCC)cc3)sc2c1. The van der Waals surface area contributed by atoms with Gasteiger partial charge in [-0.25, -0.2) is 4.98 Å². The summed E-state index contributed by atoms with van der Waals surface area (Å²) in [4.78, 5) is 4.84. The van der Waals surface area contributed by atoms with Gasteiger partial charge in [-0.2, -0.15) is 0 Å². The third kappa shape index (κ3) is 10.5. The first kappa shape index (κ1) is 28.5. The molecule has 0 atom stereocenters. The van der Waals surface area contributed by atoms with Gasteiger partial charge in [-0.1, -0.05) is 97.3 Å². The molecule has 0 amide bonds. The first-order valence-electron chi connectivity index (χ1n) is 14.6. The van der Waals surface area contributed by atoms with Crippen LogP contribution >= 0.6 is 11.3 Å². The minimum absolute atomic E-state index is 0.798. The molecule has 0 aliphatic rings. The Morgan fingerprint density at radius 3 is 1.67 bits per heavy atom. The summed E-state index contributed by atoms with van der Waals surface area (Å²) in [6.07, 6.45) is 19.7. The van der Waals surface area contributed by atoms with Crippen molar-refractivity contribution < 1.29 is 9.47 Å². The molecule has 0 unspecified atom stereocenters. The van der Waals surface area contributed by atoms with E-state index >= 15 is 0 Å². The Labute approximate surface area is 223 Å². The molecule has 3 rings (SSSR count). The van der Waals surface area contributed by atoms with E-state index in [1.165, 1.54) is 88.2 Å². The van der Waals surface area contributed by atoms with Crippen LogP contribution in [0.1, 0.15) is 110 Å². The van der Waals surface area contributed by atoms with Gasteiger partial charge in [-0.15, -0.1) is 11.3 Å². The molecule has 0 aliphatic heterocycles. The van der Waals surface area contributed by atoms with Crippen LogP contribution in [0.25, 0.3) is 20.8 Å². The predicted molar refractivity (Wildman–Crippen MR) is 157 cm³/mol. The monoisotopic (exact) mass is 509 g/mol. The fourth-order valence-electron chi connectivity index (χ4n) is 4.49. The third-order valence-electron chi connectivity index (χ3n) is 6.74. The molecule has 0 saturated carbocycles. The van der Waals surface area contributed by atoms with Gasteiger partial charge in [0.25, 0.3) is 0 Å². The van der Waals surface area contributed by atoms with Crippen LogP contribution in [0.4, 0.5) is 0 Å². The summed E-state index contributed by atoms with van der Waals surface area (Å²) < 4.78 is 13.1. The van der Waals surface area contributed by atoms with Crippen molar-refractivity contribution in [1.82, 2.24) is 4.98 Å². The molecule has 1 aromatic heterocycles. The first-order valence-corrected chi connectivity index (χ1v) is 15.4. The van der Waals surface area contributed by atoms with Crippen LogP contribution in [0.2, 0.25) is 0 Å². The van der Waals surface area contributed by atoms with E-state index in [2.05, 4.69) is 56.3 Å². The predicted octanol–water partition coefficient (Wildman–Crippen LogP) is 10.6. The van der Waals surface area contributed by atoms with Gasteiger partial charge in [-0.05, 0) is 55.3 Å². The van der Waals surface area contributed by atoms with E-state index < -0.39 is 0 Å². The fourth-order valence-corrected chi connectivity index (χ4v) is 5.49. The maximum absolute atomic E-state index is 6.05. The maximum atomic E-state index is 6.05. The van der Waals surface area contributed by atoms with Crippen molar-refractivity contribution in [3.05, 3.63) is 42.5 Å². The van der Waals surface area contributed by atoms with Gasteiger partial charge in [-0.3, -0.25) is 0 Å². The Morgan fingerprint density at radius 2 is 1.08 bits per heavy atom. The normalized spacial score (nSPS) is 11.3. The lowest BCUT2D eigenvalue weighted by atomic mass is 10.1. The Bertz CT molecular complexity index is 966. The number of rotatable bonds is 20. The Kier molecular flexibility index (Phi) is 13.8. The molecule has 3 aromatic rings. The molecule has 4 heteroatoms. The molecule has 3 nitrogen and oxygen atoms in total. The maximum Gasteiger partial charge on any atom is 0.124 e. The van der Waals surface area contributed by atoms with Crippen molar-refractivity contribution in [3.63, 3.8) is 0 Å². The Balaban J connectivity index is 1.36. The van der Waals surface area contributed by atoms with Crippen molar-refractivity contribution in [1.29, 1.82) is 0 Å². The standard InChI is InChI=1S/C32H47NO2S/c1-3-5-7-9-10-11-12-13-15-17-25-35-29-22-23-30-31(26-29)36-32(33-30)27-18-20-28(21-19-27)34-24-16-14-8-6-4-2/h18-23,26H,3-17,24-25H2,1-2H3. The fraction of sp³-hybridized carbons (Fsp3) is 0.594. The van der Waals surface area contributed by atoms with Gasteiger partial charge in [0, 0.05) is 5.56 Å². The van der Waals surface area contributed by atoms with Crippen molar-refractivity contribution in [2.75, 3.05) is 13.2 Å². The summed E-state index contributed by atoms with van der Waals surface area (Å²) in [7, 11) is 0. The smallest absolute Gasteiger partial charge is 0.124 e. The van der Waals surface area contributed by atoms with Crippen LogP contribution in [0, 0.1) is 0 Å². The van der Waals surface area contributed by atoms with Gasteiger partial charge in [0.05, 0.1) is 23.4 Å². The lowest BCUT2D eigenvalue weighted by molar-refractivity contribution is 0.304. The number of thiazole rings is 1. The summed E-state index contributed by atoms with van der Waals surface area (Å²) in [6, 6.07) is 14.6. The van der Waals surface area contributed by atoms with Crippen LogP contribution in [-0.4, -0.2) is 18.2 Å². The molecule has 0 N–H and O–H groups in total. The second-order valence-electron chi connectivity index (χ2n) is 9.97. The molecule has 0 fully saturated rings. The van der Waals surface area contributed by atoms with Crippen LogP contribution in [0.3, 0.4) is 0 Å². The average molecular weight is 510 g/mol. The van der Waals surface area contributed by atoms with E-state index in [-0.39, 0.29) is 0 Å². The van der Waals surface area contributed by atoms with Gasteiger partial charge in [0.2, 0.25) is 0 Å². The number of ether oxygens (including phenoxy) is 2. The van der Waals surface area contributed by atoms with Gasteiger partial charge < -0.3 is 9.47 Å². The van der Waals surface area contributed by atoms with Crippen molar-refractivity contribution >= 4 is 21.6 Å². The highest BCUT2D eigenvalue weighted by molar-refractivity contribution is 7.21. The zero-order valence-corrected chi connectivity index (χ0v) is 23.6. The lowest BCUT2D eigenvalue weighted by Crippen LogP contribution is -1.97. The van der Waals surface area contributed by atoms with Crippen LogP contribution < -0.4 is 9.47 Å². The number of hydrogen-bond donors (Lipinski definition) is 0. The molecular formula is C32H47NO2S. The van der Waals surface area contributed by atoms with E-state index in [1.54, 1.807) is 11.3 Å². The second kappa shape index (κ2) is 17.4.